The number of hydrogen-bond donors (Lipinski definition) is 1. The maximum absolute atomic E-state index is 12.7. The Bertz CT molecular complexity index is 1030. The monoisotopic (exact) mass is 464 g/mol. The highest BCUT2D eigenvalue weighted by Crippen LogP contribution is 2.32. The summed E-state index contributed by atoms with van der Waals surface area (Å²) >= 11 is 3.39. The van der Waals surface area contributed by atoms with Gasteiger partial charge in [0.25, 0.3) is 21.8 Å². The molecule has 0 spiro atoms. The number of amides is 2. The Morgan fingerprint density at radius 2 is 1.75 bits per heavy atom. The highest BCUT2D eigenvalue weighted by atomic mass is 79.9. The van der Waals surface area contributed by atoms with E-state index in [0.717, 1.165) is 14.3 Å². The van der Waals surface area contributed by atoms with E-state index in [0.29, 0.717) is 6.42 Å². The summed E-state index contributed by atoms with van der Waals surface area (Å²) in [4.78, 5) is 24.9. The summed E-state index contributed by atoms with van der Waals surface area (Å²) in [5, 5.41) is 2.88. The van der Waals surface area contributed by atoms with E-state index < -0.39 is 22.0 Å². The van der Waals surface area contributed by atoms with Crippen LogP contribution in [0.25, 0.3) is 0 Å². The van der Waals surface area contributed by atoms with E-state index in [1.165, 1.54) is 18.2 Å². The van der Waals surface area contributed by atoms with Gasteiger partial charge in [-0.05, 0) is 63.1 Å². The van der Waals surface area contributed by atoms with Crippen LogP contribution in [0.4, 0.5) is 0 Å². The van der Waals surface area contributed by atoms with Gasteiger partial charge in [-0.2, -0.15) is 0 Å². The Labute approximate surface area is 173 Å². The lowest BCUT2D eigenvalue weighted by Crippen LogP contribution is -2.36. The normalized spacial score (nSPS) is 16.2. The standard InChI is InChI=1S/C20H21BrN2O4S/c1-12(2)23-20(25)17-9-6-15(11-18(17)28(23,26)27)19(24)22-13(3)10-14-4-7-16(21)8-5-14/h4-9,11-13H,10H2,1-3H3,(H,22,24). The number of halogens is 1. The second-order valence-corrected chi connectivity index (χ2v) is 9.81. The third kappa shape index (κ3) is 3.84. The Morgan fingerprint density at radius 3 is 2.36 bits per heavy atom. The second-order valence-electron chi connectivity index (χ2n) is 7.12. The van der Waals surface area contributed by atoms with Crippen LogP contribution in [0, 0.1) is 0 Å². The zero-order valence-electron chi connectivity index (χ0n) is 15.8. The number of carbonyl (C=O) groups is 2. The molecule has 148 valence electrons. The molecule has 0 bridgehead atoms. The number of nitrogens with zero attached hydrogens (tertiary/aromatic N) is 1. The lowest BCUT2D eigenvalue weighted by Gasteiger charge is -2.18. The first kappa shape index (κ1) is 20.5. The quantitative estimate of drug-likeness (QED) is 0.734. The minimum absolute atomic E-state index is 0.105. The van der Waals surface area contributed by atoms with Gasteiger partial charge in [-0.1, -0.05) is 28.1 Å². The molecule has 1 aliphatic heterocycles. The molecule has 0 saturated heterocycles. The van der Waals surface area contributed by atoms with Crippen molar-refractivity contribution in [2.45, 2.75) is 44.2 Å². The summed E-state index contributed by atoms with van der Waals surface area (Å²) in [7, 11) is -3.93. The number of rotatable bonds is 5. The first-order valence-corrected chi connectivity index (χ1v) is 11.1. The molecule has 1 N–H and O–H groups in total. The Kier molecular flexibility index (Phi) is 5.63. The number of sulfonamides is 1. The van der Waals surface area contributed by atoms with Gasteiger partial charge in [-0.15, -0.1) is 0 Å². The van der Waals surface area contributed by atoms with E-state index in [2.05, 4.69) is 21.2 Å². The Hall–Kier alpha value is -2.19. The van der Waals surface area contributed by atoms with Crippen LogP contribution in [-0.2, 0) is 16.4 Å². The average molecular weight is 465 g/mol. The van der Waals surface area contributed by atoms with E-state index in [4.69, 9.17) is 0 Å². The molecule has 0 aliphatic carbocycles. The summed E-state index contributed by atoms with van der Waals surface area (Å²) in [5.41, 5.74) is 1.39. The van der Waals surface area contributed by atoms with Crippen LogP contribution in [-0.4, -0.2) is 36.6 Å². The van der Waals surface area contributed by atoms with Gasteiger partial charge < -0.3 is 5.32 Å². The van der Waals surface area contributed by atoms with Crippen molar-refractivity contribution in [1.29, 1.82) is 0 Å². The summed E-state index contributed by atoms with van der Waals surface area (Å²) in [6.07, 6.45) is 0.641. The third-order valence-electron chi connectivity index (χ3n) is 4.51. The molecule has 1 atom stereocenters. The van der Waals surface area contributed by atoms with Gasteiger partial charge in [0.05, 0.1) is 5.56 Å². The molecule has 0 saturated carbocycles. The van der Waals surface area contributed by atoms with E-state index in [1.807, 2.05) is 31.2 Å². The lowest BCUT2D eigenvalue weighted by atomic mass is 10.1. The van der Waals surface area contributed by atoms with Crippen molar-refractivity contribution in [1.82, 2.24) is 9.62 Å². The van der Waals surface area contributed by atoms with Gasteiger partial charge in [0.2, 0.25) is 0 Å². The van der Waals surface area contributed by atoms with Crippen LogP contribution in [0.3, 0.4) is 0 Å². The fraction of sp³-hybridized carbons (Fsp3) is 0.300. The van der Waals surface area contributed by atoms with Gasteiger partial charge in [-0.25, -0.2) is 12.7 Å². The SMILES string of the molecule is CC(Cc1ccc(Br)cc1)NC(=O)c1ccc2c(c1)S(=O)(=O)N(C(C)C)C2=O. The number of benzene rings is 2. The zero-order valence-corrected chi connectivity index (χ0v) is 18.2. The minimum Gasteiger partial charge on any atom is -0.349 e. The first-order valence-electron chi connectivity index (χ1n) is 8.89. The zero-order chi connectivity index (χ0) is 20.6. The van der Waals surface area contributed by atoms with Gasteiger partial charge in [-0.3, -0.25) is 9.59 Å². The minimum atomic E-state index is -3.93. The molecule has 2 aromatic carbocycles. The molecule has 3 rings (SSSR count). The molecule has 6 nitrogen and oxygen atoms in total. The topological polar surface area (TPSA) is 83.6 Å². The number of hydrogen-bond acceptors (Lipinski definition) is 4. The molecule has 2 amide bonds. The highest BCUT2D eigenvalue weighted by molar-refractivity contribution is 9.10. The van der Waals surface area contributed by atoms with Crippen LogP contribution >= 0.6 is 15.9 Å². The maximum Gasteiger partial charge on any atom is 0.269 e. The number of carbonyl (C=O) groups excluding carboxylic acids is 2. The van der Waals surface area contributed by atoms with Crippen molar-refractivity contribution in [3.05, 3.63) is 63.6 Å². The smallest absolute Gasteiger partial charge is 0.269 e. The summed E-state index contributed by atoms with van der Waals surface area (Å²) in [5.74, 6) is -0.932. The maximum atomic E-state index is 12.7. The summed E-state index contributed by atoms with van der Waals surface area (Å²) < 4.78 is 27.2. The summed E-state index contributed by atoms with van der Waals surface area (Å²) in [6.45, 7) is 5.16. The van der Waals surface area contributed by atoms with E-state index in [9.17, 15) is 18.0 Å². The third-order valence-corrected chi connectivity index (χ3v) is 7.04. The number of fused-ring (bicyclic) bond motifs is 1. The van der Waals surface area contributed by atoms with Gasteiger partial charge in [0.15, 0.2) is 0 Å². The fourth-order valence-corrected chi connectivity index (χ4v) is 5.29. The second kappa shape index (κ2) is 7.67. The van der Waals surface area contributed by atoms with Crippen molar-refractivity contribution in [3.8, 4) is 0 Å². The Balaban J connectivity index is 1.79. The largest absolute Gasteiger partial charge is 0.349 e. The molecule has 28 heavy (non-hydrogen) atoms. The van der Waals surface area contributed by atoms with Crippen molar-refractivity contribution in [2.24, 2.45) is 0 Å². The predicted octanol–water partition coefficient (Wildman–Crippen LogP) is 3.36. The average Bonchev–Trinajstić information content (AvgIpc) is 2.82. The van der Waals surface area contributed by atoms with Crippen LogP contribution in [0.1, 0.15) is 47.1 Å². The van der Waals surface area contributed by atoms with Crippen molar-refractivity contribution >= 4 is 37.8 Å². The van der Waals surface area contributed by atoms with Crippen LogP contribution in [0.5, 0.6) is 0 Å². The van der Waals surface area contributed by atoms with Crippen molar-refractivity contribution in [2.75, 3.05) is 0 Å². The summed E-state index contributed by atoms with van der Waals surface area (Å²) in [6, 6.07) is 11.4. The molecular formula is C20H21BrN2O4S. The van der Waals surface area contributed by atoms with Gasteiger partial charge in [0, 0.05) is 22.1 Å². The van der Waals surface area contributed by atoms with E-state index in [-0.39, 0.29) is 28.0 Å². The molecule has 1 unspecified atom stereocenters. The van der Waals surface area contributed by atoms with Crippen LogP contribution in [0.15, 0.2) is 51.8 Å². The molecular weight excluding hydrogens is 444 g/mol. The van der Waals surface area contributed by atoms with Gasteiger partial charge >= 0.3 is 0 Å². The molecule has 1 aliphatic rings. The van der Waals surface area contributed by atoms with E-state index >= 15 is 0 Å². The van der Waals surface area contributed by atoms with E-state index in [1.54, 1.807) is 13.8 Å². The predicted molar refractivity (Wildman–Crippen MR) is 110 cm³/mol. The van der Waals surface area contributed by atoms with Crippen molar-refractivity contribution < 1.29 is 18.0 Å². The molecule has 8 heteroatoms. The highest BCUT2D eigenvalue weighted by Gasteiger charge is 2.42. The Morgan fingerprint density at radius 1 is 1.11 bits per heavy atom. The van der Waals surface area contributed by atoms with Crippen LogP contribution in [0.2, 0.25) is 0 Å². The van der Waals surface area contributed by atoms with Gasteiger partial charge in [0.1, 0.15) is 4.90 Å². The molecule has 1 heterocycles. The molecule has 0 aromatic heterocycles. The first-order chi connectivity index (χ1) is 13.1. The molecule has 0 radical (unpaired) electrons. The molecule has 2 aromatic rings. The van der Waals surface area contributed by atoms with Crippen molar-refractivity contribution in [3.63, 3.8) is 0 Å². The molecule has 0 fully saturated rings. The number of nitrogens with one attached hydrogen (secondary N) is 1. The van der Waals surface area contributed by atoms with Crippen LogP contribution < -0.4 is 5.32 Å². The lowest BCUT2D eigenvalue weighted by molar-refractivity contribution is 0.0845. The fourth-order valence-electron chi connectivity index (χ4n) is 3.23.